The number of para-hydroxylation sites is 1. The van der Waals surface area contributed by atoms with Crippen molar-refractivity contribution in [1.29, 1.82) is 0 Å². The van der Waals surface area contributed by atoms with Gasteiger partial charge in [-0.25, -0.2) is 4.79 Å². The number of hydrogen-bond acceptors (Lipinski definition) is 5. The number of nitrogens with zero attached hydrogens (tertiary/aromatic N) is 2. The number of nitrogens with one attached hydrogen (secondary N) is 1. The Labute approximate surface area is 159 Å². The van der Waals surface area contributed by atoms with Crippen LogP contribution in [0.1, 0.15) is 26.2 Å². The quantitative estimate of drug-likeness (QED) is 0.874. The SMILES string of the molecule is CCOC(=O)N1CCC(NC(=O)CN2CCCSc3ccccc32)CC1. The topological polar surface area (TPSA) is 61.9 Å². The number of thioether (sulfide) groups is 1. The van der Waals surface area contributed by atoms with E-state index in [1.165, 1.54) is 4.90 Å². The molecule has 1 fully saturated rings. The lowest BCUT2D eigenvalue weighted by Crippen LogP contribution is -2.49. The fourth-order valence-corrected chi connectivity index (χ4v) is 4.44. The van der Waals surface area contributed by atoms with Crippen molar-refractivity contribution in [3.8, 4) is 0 Å². The fraction of sp³-hybridized carbons (Fsp3) is 0.579. The van der Waals surface area contributed by atoms with Gasteiger partial charge >= 0.3 is 6.09 Å². The minimum atomic E-state index is -0.254. The number of benzene rings is 1. The number of fused-ring (bicyclic) bond motifs is 1. The average Bonchev–Trinajstić information content (AvgIpc) is 2.85. The summed E-state index contributed by atoms with van der Waals surface area (Å²) in [4.78, 5) is 29.4. The molecule has 0 radical (unpaired) electrons. The third kappa shape index (κ3) is 4.84. The zero-order valence-electron chi connectivity index (χ0n) is 15.3. The molecule has 0 aromatic heterocycles. The summed E-state index contributed by atoms with van der Waals surface area (Å²) in [7, 11) is 0. The van der Waals surface area contributed by atoms with Gasteiger partial charge in [0.1, 0.15) is 0 Å². The van der Waals surface area contributed by atoms with E-state index in [4.69, 9.17) is 4.74 Å². The van der Waals surface area contributed by atoms with Gasteiger partial charge in [-0.3, -0.25) is 4.79 Å². The van der Waals surface area contributed by atoms with E-state index in [1.807, 2.05) is 30.8 Å². The molecule has 0 saturated carbocycles. The van der Waals surface area contributed by atoms with E-state index in [1.54, 1.807) is 4.90 Å². The minimum Gasteiger partial charge on any atom is -0.450 e. The van der Waals surface area contributed by atoms with Crippen molar-refractivity contribution in [2.75, 3.05) is 43.4 Å². The first-order chi connectivity index (χ1) is 12.7. The maximum absolute atomic E-state index is 12.6. The van der Waals surface area contributed by atoms with Gasteiger partial charge in [0.25, 0.3) is 0 Å². The second kappa shape index (κ2) is 9.16. The molecule has 142 valence electrons. The summed E-state index contributed by atoms with van der Waals surface area (Å²) in [6.45, 7) is 4.75. The van der Waals surface area contributed by atoms with Gasteiger partial charge in [-0.15, -0.1) is 11.8 Å². The van der Waals surface area contributed by atoms with Crippen LogP contribution in [0.4, 0.5) is 10.5 Å². The van der Waals surface area contributed by atoms with Gasteiger partial charge in [0.2, 0.25) is 5.91 Å². The van der Waals surface area contributed by atoms with Crippen LogP contribution in [0.5, 0.6) is 0 Å². The van der Waals surface area contributed by atoms with Crippen molar-refractivity contribution >= 4 is 29.4 Å². The highest BCUT2D eigenvalue weighted by Crippen LogP contribution is 2.33. The van der Waals surface area contributed by atoms with Crippen LogP contribution in [0.15, 0.2) is 29.2 Å². The van der Waals surface area contributed by atoms with Crippen molar-refractivity contribution in [1.82, 2.24) is 10.2 Å². The zero-order valence-corrected chi connectivity index (χ0v) is 16.1. The Balaban J connectivity index is 1.50. The molecule has 2 aliphatic heterocycles. The highest BCUT2D eigenvalue weighted by Gasteiger charge is 2.25. The van der Waals surface area contributed by atoms with Crippen LogP contribution in [-0.4, -0.2) is 61.5 Å². The Hall–Kier alpha value is -1.89. The first kappa shape index (κ1) is 18.9. The fourth-order valence-electron chi connectivity index (χ4n) is 3.43. The summed E-state index contributed by atoms with van der Waals surface area (Å²) in [5, 5.41) is 3.14. The number of ether oxygens (including phenoxy) is 1. The first-order valence-corrected chi connectivity index (χ1v) is 10.3. The number of carbonyl (C=O) groups is 2. The standard InChI is InChI=1S/C19H27N3O3S/c1-2-25-19(24)21-11-8-15(9-12-21)20-18(23)14-22-10-5-13-26-17-7-4-3-6-16(17)22/h3-4,6-7,15H,2,5,8-14H2,1H3,(H,20,23). The van der Waals surface area contributed by atoms with Crippen LogP contribution < -0.4 is 10.2 Å². The van der Waals surface area contributed by atoms with Gasteiger partial charge in [0.15, 0.2) is 0 Å². The van der Waals surface area contributed by atoms with E-state index in [9.17, 15) is 9.59 Å². The maximum Gasteiger partial charge on any atom is 0.409 e. The van der Waals surface area contributed by atoms with Crippen LogP contribution in [0.2, 0.25) is 0 Å². The van der Waals surface area contributed by atoms with E-state index < -0.39 is 0 Å². The van der Waals surface area contributed by atoms with Crippen LogP contribution in [0.25, 0.3) is 0 Å². The lowest BCUT2D eigenvalue weighted by atomic mass is 10.1. The van der Waals surface area contributed by atoms with Gasteiger partial charge < -0.3 is 19.9 Å². The van der Waals surface area contributed by atoms with E-state index in [0.717, 1.165) is 37.2 Å². The van der Waals surface area contributed by atoms with Crippen molar-refractivity contribution < 1.29 is 14.3 Å². The molecule has 2 aliphatic rings. The molecule has 1 aromatic rings. The predicted octanol–water partition coefficient (Wildman–Crippen LogP) is 2.73. The molecule has 0 spiro atoms. The van der Waals surface area contributed by atoms with Crippen molar-refractivity contribution in [3.05, 3.63) is 24.3 Å². The molecule has 2 heterocycles. The predicted molar refractivity (Wildman–Crippen MR) is 104 cm³/mol. The van der Waals surface area contributed by atoms with Crippen molar-refractivity contribution in [2.45, 2.75) is 37.1 Å². The van der Waals surface area contributed by atoms with E-state index >= 15 is 0 Å². The molecule has 0 atom stereocenters. The number of anilines is 1. The second-order valence-corrected chi connectivity index (χ2v) is 7.76. The van der Waals surface area contributed by atoms with Crippen LogP contribution >= 0.6 is 11.8 Å². The number of piperidine rings is 1. The number of rotatable bonds is 4. The van der Waals surface area contributed by atoms with Crippen LogP contribution in [0.3, 0.4) is 0 Å². The Bertz CT molecular complexity index is 632. The summed E-state index contributed by atoms with van der Waals surface area (Å²) >= 11 is 1.86. The van der Waals surface area contributed by atoms with Crippen LogP contribution in [0, 0.1) is 0 Å². The molecule has 1 N–H and O–H groups in total. The molecule has 6 nitrogen and oxygen atoms in total. The van der Waals surface area contributed by atoms with Gasteiger partial charge in [-0.1, -0.05) is 12.1 Å². The molecule has 0 bridgehead atoms. The molecule has 7 heteroatoms. The van der Waals surface area contributed by atoms with Gasteiger partial charge in [-0.05, 0) is 44.1 Å². The Morgan fingerprint density at radius 1 is 1.23 bits per heavy atom. The molecule has 3 rings (SSSR count). The summed E-state index contributed by atoms with van der Waals surface area (Å²) in [5.74, 6) is 1.14. The molecule has 2 amide bonds. The van der Waals surface area contributed by atoms with E-state index in [-0.39, 0.29) is 18.0 Å². The minimum absolute atomic E-state index is 0.0567. The average molecular weight is 378 g/mol. The summed E-state index contributed by atoms with van der Waals surface area (Å²) < 4.78 is 5.03. The normalized spacial score (nSPS) is 18.0. The monoisotopic (exact) mass is 377 g/mol. The Morgan fingerprint density at radius 3 is 2.77 bits per heavy atom. The van der Waals surface area contributed by atoms with E-state index in [0.29, 0.717) is 26.2 Å². The lowest BCUT2D eigenvalue weighted by molar-refractivity contribution is -0.120. The highest BCUT2D eigenvalue weighted by atomic mass is 32.2. The molecule has 1 saturated heterocycles. The number of carbonyl (C=O) groups excluding carboxylic acids is 2. The smallest absolute Gasteiger partial charge is 0.409 e. The maximum atomic E-state index is 12.6. The molecule has 1 aromatic carbocycles. The molecule has 0 unspecified atom stereocenters. The second-order valence-electron chi connectivity index (χ2n) is 6.62. The van der Waals surface area contributed by atoms with Crippen LogP contribution in [-0.2, 0) is 9.53 Å². The van der Waals surface area contributed by atoms with Crippen molar-refractivity contribution in [3.63, 3.8) is 0 Å². The number of likely N-dealkylation sites (tertiary alicyclic amines) is 1. The third-order valence-electron chi connectivity index (χ3n) is 4.76. The van der Waals surface area contributed by atoms with Gasteiger partial charge in [-0.2, -0.15) is 0 Å². The van der Waals surface area contributed by atoms with Gasteiger partial charge in [0.05, 0.1) is 18.8 Å². The van der Waals surface area contributed by atoms with Gasteiger partial charge in [0, 0.05) is 30.6 Å². The summed E-state index contributed by atoms with van der Waals surface area (Å²) in [6.07, 6.45) is 2.37. The summed E-state index contributed by atoms with van der Waals surface area (Å²) in [6, 6.07) is 8.43. The highest BCUT2D eigenvalue weighted by molar-refractivity contribution is 7.99. The molecule has 26 heavy (non-hydrogen) atoms. The van der Waals surface area contributed by atoms with E-state index in [2.05, 4.69) is 22.3 Å². The Morgan fingerprint density at radius 2 is 2.00 bits per heavy atom. The largest absolute Gasteiger partial charge is 0.450 e. The Kier molecular flexibility index (Phi) is 6.66. The number of hydrogen-bond donors (Lipinski definition) is 1. The molecular formula is C19H27N3O3S. The lowest BCUT2D eigenvalue weighted by Gasteiger charge is -2.32. The molecule has 0 aliphatic carbocycles. The molecular weight excluding hydrogens is 350 g/mol. The first-order valence-electron chi connectivity index (χ1n) is 9.35. The number of amides is 2. The summed E-state index contributed by atoms with van der Waals surface area (Å²) in [5.41, 5.74) is 1.15. The zero-order chi connectivity index (χ0) is 18.4. The van der Waals surface area contributed by atoms with Crippen molar-refractivity contribution in [2.24, 2.45) is 0 Å². The third-order valence-corrected chi connectivity index (χ3v) is 5.91.